The normalized spacial score (nSPS) is 28.4. The summed E-state index contributed by atoms with van der Waals surface area (Å²) in [4.78, 5) is 11.5. The molecule has 0 aromatic rings. The van der Waals surface area contributed by atoms with E-state index < -0.39 is 0 Å². The quantitative estimate of drug-likeness (QED) is 0.673. The lowest BCUT2D eigenvalue weighted by Crippen LogP contribution is -2.25. The van der Waals surface area contributed by atoms with Crippen LogP contribution in [0.15, 0.2) is 12.7 Å². The van der Waals surface area contributed by atoms with Crippen molar-refractivity contribution in [2.45, 2.75) is 32.1 Å². The molecule has 0 spiro atoms. The zero-order chi connectivity index (χ0) is 9.68. The van der Waals surface area contributed by atoms with Gasteiger partial charge in [0.1, 0.15) is 5.78 Å². The van der Waals surface area contributed by atoms with Crippen LogP contribution >= 0.6 is 0 Å². The van der Waals surface area contributed by atoms with Gasteiger partial charge < -0.3 is 5.73 Å². The number of hydrogen-bond donors (Lipinski definition) is 1. The number of carbonyl (C=O) groups excluding carboxylic acids is 1. The molecule has 0 bridgehead atoms. The summed E-state index contributed by atoms with van der Waals surface area (Å²) in [5.74, 6) is 1.32. The Hall–Kier alpha value is -0.630. The molecule has 0 amide bonds. The van der Waals surface area contributed by atoms with E-state index in [1.54, 1.807) is 6.08 Å². The lowest BCUT2D eigenvalue weighted by Gasteiger charge is -2.26. The van der Waals surface area contributed by atoms with Crippen molar-refractivity contribution in [2.75, 3.05) is 6.54 Å². The summed E-state index contributed by atoms with van der Waals surface area (Å²) < 4.78 is 0. The number of ketones is 1. The molecule has 1 fully saturated rings. The van der Waals surface area contributed by atoms with E-state index in [9.17, 15) is 4.79 Å². The van der Waals surface area contributed by atoms with Crippen LogP contribution in [-0.2, 0) is 4.79 Å². The SMILES string of the molecule is C=CCC(=O)C1CCC(CN)CC1. The Morgan fingerprint density at radius 3 is 2.46 bits per heavy atom. The summed E-state index contributed by atoms with van der Waals surface area (Å²) in [5.41, 5.74) is 5.58. The molecular formula is C11H19NO. The van der Waals surface area contributed by atoms with Crippen molar-refractivity contribution in [3.63, 3.8) is 0 Å². The molecule has 0 heterocycles. The van der Waals surface area contributed by atoms with Crippen molar-refractivity contribution in [3.05, 3.63) is 12.7 Å². The Bertz CT molecular complexity index is 181. The molecule has 2 nitrogen and oxygen atoms in total. The highest BCUT2D eigenvalue weighted by Gasteiger charge is 2.24. The maximum atomic E-state index is 11.5. The van der Waals surface area contributed by atoms with Crippen LogP contribution in [0.4, 0.5) is 0 Å². The van der Waals surface area contributed by atoms with Crippen molar-refractivity contribution in [1.29, 1.82) is 0 Å². The van der Waals surface area contributed by atoms with E-state index in [0.29, 0.717) is 24.0 Å². The van der Waals surface area contributed by atoms with Crippen LogP contribution in [-0.4, -0.2) is 12.3 Å². The maximum absolute atomic E-state index is 11.5. The topological polar surface area (TPSA) is 43.1 Å². The molecule has 0 radical (unpaired) electrons. The highest BCUT2D eigenvalue weighted by atomic mass is 16.1. The summed E-state index contributed by atoms with van der Waals surface area (Å²) in [6, 6.07) is 0. The van der Waals surface area contributed by atoms with Crippen LogP contribution in [0.25, 0.3) is 0 Å². The third kappa shape index (κ3) is 2.96. The fourth-order valence-corrected chi connectivity index (χ4v) is 2.03. The van der Waals surface area contributed by atoms with Crippen LogP contribution in [0.2, 0.25) is 0 Å². The monoisotopic (exact) mass is 181 g/mol. The second-order valence-electron chi connectivity index (χ2n) is 3.91. The highest BCUT2D eigenvalue weighted by Crippen LogP contribution is 2.29. The van der Waals surface area contributed by atoms with Gasteiger partial charge in [-0.2, -0.15) is 0 Å². The fraction of sp³-hybridized carbons (Fsp3) is 0.727. The number of nitrogens with two attached hydrogens (primary N) is 1. The number of hydrogen-bond acceptors (Lipinski definition) is 2. The fourth-order valence-electron chi connectivity index (χ4n) is 2.03. The molecule has 1 aliphatic rings. The average molecular weight is 181 g/mol. The number of allylic oxidation sites excluding steroid dienone is 1. The Morgan fingerprint density at radius 2 is 2.00 bits per heavy atom. The zero-order valence-corrected chi connectivity index (χ0v) is 8.17. The Balaban J connectivity index is 2.31. The summed E-state index contributed by atoms with van der Waals surface area (Å²) in [6.07, 6.45) is 6.58. The maximum Gasteiger partial charge on any atom is 0.139 e. The Kier molecular flexibility index (Phi) is 4.16. The first-order valence-electron chi connectivity index (χ1n) is 5.11. The first-order valence-corrected chi connectivity index (χ1v) is 5.11. The average Bonchev–Trinajstić information content (AvgIpc) is 2.18. The van der Waals surface area contributed by atoms with Crippen molar-refractivity contribution in [3.8, 4) is 0 Å². The molecule has 74 valence electrons. The van der Waals surface area contributed by atoms with Crippen molar-refractivity contribution < 1.29 is 4.79 Å². The molecule has 2 heteroatoms. The van der Waals surface area contributed by atoms with Crippen molar-refractivity contribution in [2.24, 2.45) is 17.6 Å². The minimum Gasteiger partial charge on any atom is -0.330 e. The minimum absolute atomic E-state index is 0.292. The van der Waals surface area contributed by atoms with Crippen molar-refractivity contribution in [1.82, 2.24) is 0 Å². The van der Waals surface area contributed by atoms with Crippen LogP contribution in [0.5, 0.6) is 0 Å². The van der Waals surface area contributed by atoms with Gasteiger partial charge in [-0.15, -0.1) is 6.58 Å². The largest absolute Gasteiger partial charge is 0.330 e. The van der Waals surface area contributed by atoms with Gasteiger partial charge in [0, 0.05) is 12.3 Å². The van der Waals surface area contributed by atoms with Gasteiger partial charge in [-0.25, -0.2) is 0 Å². The van der Waals surface area contributed by atoms with E-state index in [1.807, 2.05) is 0 Å². The predicted octanol–water partition coefficient (Wildman–Crippen LogP) is 1.90. The second kappa shape index (κ2) is 5.18. The summed E-state index contributed by atoms with van der Waals surface area (Å²) in [7, 11) is 0. The van der Waals surface area contributed by atoms with E-state index in [-0.39, 0.29) is 0 Å². The van der Waals surface area contributed by atoms with Gasteiger partial charge in [-0.3, -0.25) is 4.79 Å². The van der Waals surface area contributed by atoms with Gasteiger partial charge in [-0.1, -0.05) is 6.08 Å². The molecule has 0 unspecified atom stereocenters. The van der Waals surface area contributed by atoms with Gasteiger partial charge in [-0.05, 0) is 38.1 Å². The third-order valence-electron chi connectivity index (χ3n) is 2.98. The van der Waals surface area contributed by atoms with E-state index in [0.717, 1.165) is 32.2 Å². The van der Waals surface area contributed by atoms with Crippen LogP contribution in [0.3, 0.4) is 0 Å². The standard InChI is InChI=1S/C11H19NO/c1-2-3-11(13)10-6-4-9(8-12)5-7-10/h2,9-10H,1,3-8,12H2. The van der Waals surface area contributed by atoms with Gasteiger partial charge in [0.25, 0.3) is 0 Å². The number of Topliss-reactive ketones (excluding diaryl/α,β-unsaturated/α-hetero) is 1. The van der Waals surface area contributed by atoms with E-state index in [4.69, 9.17) is 5.73 Å². The van der Waals surface area contributed by atoms with Crippen LogP contribution in [0.1, 0.15) is 32.1 Å². The van der Waals surface area contributed by atoms with Gasteiger partial charge in [0.2, 0.25) is 0 Å². The molecule has 0 aliphatic heterocycles. The second-order valence-corrected chi connectivity index (χ2v) is 3.91. The lowest BCUT2D eigenvalue weighted by atomic mass is 9.79. The van der Waals surface area contributed by atoms with Gasteiger partial charge in [0.05, 0.1) is 0 Å². The highest BCUT2D eigenvalue weighted by molar-refractivity contribution is 5.82. The smallest absolute Gasteiger partial charge is 0.139 e. The van der Waals surface area contributed by atoms with Gasteiger partial charge >= 0.3 is 0 Å². The molecular weight excluding hydrogens is 162 g/mol. The molecule has 1 aliphatic carbocycles. The molecule has 0 saturated heterocycles. The molecule has 13 heavy (non-hydrogen) atoms. The number of rotatable bonds is 4. The van der Waals surface area contributed by atoms with Gasteiger partial charge in [0.15, 0.2) is 0 Å². The number of carbonyl (C=O) groups is 1. The summed E-state index contributed by atoms with van der Waals surface area (Å²) in [5, 5.41) is 0. The lowest BCUT2D eigenvalue weighted by molar-refractivity contribution is -0.123. The first kappa shape index (κ1) is 10.5. The molecule has 2 N–H and O–H groups in total. The molecule has 1 saturated carbocycles. The van der Waals surface area contributed by atoms with Crippen molar-refractivity contribution >= 4 is 5.78 Å². The molecule has 0 aromatic heterocycles. The molecule has 0 atom stereocenters. The predicted molar refractivity (Wildman–Crippen MR) is 54.3 cm³/mol. The van der Waals surface area contributed by atoms with E-state index in [1.165, 1.54) is 0 Å². The van der Waals surface area contributed by atoms with E-state index >= 15 is 0 Å². The van der Waals surface area contributed by atoms with Crippen LogP contribution in [0, 0.1) is 11.8 Å². The van der Waals surface area contributed by atoms with Crippen LogP contribution < -0.4 is 5.73 Å². The molecule has 0 aromatic carbocycles. The molecule has 1 rings (SSSR count). The Labute approximate surface area is 80.2 Å². The first-order chi connectivity index (χ1) is 6.27. The minimum atomic E-state index is 0.292. The summed E-state index contributed by atoms with van der Waals surface area (Å²) >= 11 is 0. The Morgan fingerprint density at radius 1 is 1.38 bits per heavy atom. The third-order valence-corrected chi connectivity index (χ3v) is 2.98. The zero-order valence-electron chi connectivity index (χ0n) is 8.17. The summed E-state index contributed by atoms with van der Waals surface area (Å²) in [6.45, 7) is 4.37. The van der Waals surface area contributed by atoms with E-state index in [2.05, 4.69) is 6.58 Å².